The average Bonchev–Trinajstić information content (AvgIpc) is 2.16. The maximum absolute atomic E-state index is 11.2. The summed E-state index contributed by atoms with van der Waals surface area (Å²) in [5.74, 6) is 0.127. The van der Waals surface area contributed by atoms with E-state index >= 15 is 0 Å². The monoisotopic (exact) mass is 211 g/mol. The Morgan fingerprint density at radius 3 is 2.47 bits per heavy atom. The molecule has 0 radical (unpaired) electrons. The van der Waals surface area contributed by atoms with Crippen LogP contribution in [0.5, 0.6) is 0 Å². The minimum Gasteiger partial charge on any atom is -0.349 e. The molecule has 0 heterocycles. The third kappa shape index (κ3) is 6.92. The van der Waals surface area contributed by atoms with Crippen molar-refractivity contribution in [1.82, 2.24) is 10.2 Å². The zero-order chi connectivity index (χ0) is 11.9. The molecule has 0 atom stereocenters. The van der Waals surface area contributed by atoms with Crippen molar-refractivity contribution in [3.05, 3.63) is 0 Å². The standard InChI is InChI=1S/C11H21N3O/c1-11(2,9-12)6-8-13-7-5-10(15)14(3)4/h13H,5-8H2,1-4H3. The SMILES string of the molecule is CN(C)C(=O)CCNCCC(C)(C)C#N. The fraction of sp³-hybridized carbons (Fsp3) is 0.818. The van der Waals surface area contributed by atoms with Gasteiger partial charge in [-0.15, -0.1) is 0 Å². The molecule has 0 saturated carbocycles. The Hall–Kier alpha value is -1.08. The molecule has 0 aromatic carbocycles. The summed E-state index contributed by atoms with van der Waals surface area (Å²) in [6.45, 7) is 5.29. The van der Waals surface area contributed by atoms with Gasteiger partial charge in [0.15, 0.2) is 0 Å². The van der Waals surface area contributed by atoms with Crippen LogP contribution >= 0.6 is 0 Å². The normalized spacial score (nSPS) is 10.9. The van der Waals surface area contributed by atoms with E-state index in [1.807, 2.05) is 13.8 Å². The van der Waals surface area contributed by atoms with Crippen LogP contribution in [-0.4, -0.2) is 38.0 Å². The van der Waals surface area contributed by atoms with Gasteiger partial charge in [0, 0.05) is 27.1 Å². The van der Waals surface area contributed by atoms with Crippen LogP contribution in [0.25, 0.3) is 0 Å². The van der Waals surface area contributed by atoms with Crippen molar-refractivity contribution in [2.24, 2.45) is 5.41 Å². The second-order valence-corrected chi connectivity index (χ2v) is 4.53. The van der Waals surface area contributed by atoms with Gasteiger partial charge in [0.2, 0.25) is 5.91 Å². The Labute approximate surface area is 92.3 Å². The number of carbonyl (C=O) groups excluding carboxylic acids is 1. The number of carbonyl (C=O) groups is 1. The molecule has 0 aromatic rings. The quantitative estimate of drug-likeness (QED) is 0.667. The van der Waals surface area contributed by atoms with Gasteiger partial charge < -0.3 is 10.2 Å². The second kappa shape index (κ2) is 6.41. The molecule has 0 spiro atoms. The van der Waals surface area contributed by atoms with Gasteiger partial charge in [-0.1, -0.05) is 0 Å². The lowest BCUT2D eigenvalue weighted by Crippen LogP contribution is -2.28. The zero-order valence-electron chi connectivity index (χ0n) is 10.1. The highest BCUT2D eigenvalue weighted by Crippen LogP contribution is 2.16. The van der Waals surface area contributed by atoms with Crippen molar-refractivity contribution in [2.45, 2.75) is 26.7 Å². The van der Waals surface area contributed by atoms with Crippen molar-refractivity contribution in [3.8, 4) is 6.07 Å². The average molecular weight is 211 g/mol. The lowest BCUT2D eigenvalue weighted by atomic mass is 9.91. The van der Waals surface area contributed by atoms with Gasteiger partial charge in [-0.25, -0.2) is 0 Å². The first kappa shape index (κ1) is 13.9. The van der Waals surface area contributed by atoms with Crippen LogP contribution in [0, 0.1) is 16.7 Å². The molecule has 0 aromatic heterocycles. The lowest BCUT2D eigenvalue weighted by molar-refractivity contribution is -0.128. The van der Waals surface area contributed by atoms with Gasteiger partial charge in [-0.05, 0) is 26.8 Å². The minimum atomic E-state index is -0.279. The summed E-state index contributed by atoms with van der Waals surface area (Å²) in [5.41, 5.74) is -0.279. The van der Waals surface area contributed by atoms with Gasteiger partial charge in [-0.2, -0.15) is 5.26 Å². The van der Waals surface area contributed by atoms with E-state index in [2.05, 4.69) is 11.4 Å². The summed E-state index contributed by atoms with van der Waals surface area (Å²) in [6.07, 6.45) is 1.32. The van der Waals surface area contributed by atoms with Gasteiger partial charge in [-0.3, -0.25) is 4.79 Å². The fourth-order valence-electron chi connectivity index (χ4n) is 1.00. The fourth-order valence-corrected chi connectivity index (χ4v) is 1.00. The first-order valence-corrected chi connectivity index (χ1v) is 5.21. The molecule has 0 bridgehead atoms. The Bertz CT molecular complexity index is 241. The molecular formula is C11H21N3O. The molecule has 0 rings (SSSR count). The Morgan fingerprint density at radius 1 is 1.40 bits per heavy atom. The number of hydrogen-bond donors (Lipinski definition) is 1. The first-order valence-electron chi connectivity index (χ1n) is 5.21. The van der Waals surface area contributed by atoms with Crippen molar-refractivity contribution >= 4 is 5.91 Å². The Morgan fingerprint density at radius 2 is 2.00 bits per heavy atom. The topological polar surface area (TPSA) is 56.1 Å². The summed E-state index contributed by atoms with van der Waals surface area (Å²) in [4.78, 5) is 12.8. The molecule has 0 fully saturated rings. The maximum atomic E-state index is 11.2. The van der Waals surface area contributed by atoms with Crippen LogP contribution in [0.4, 0.5) is 0 Å². The minimum absolute atomic E-state index is 0.127. The van der Waals surface area contributed by atoms with Crippen molar-refractivity contribution in [2.75, 3.05) is 27.2 Å². The molecule has 0 unspecified atom stereocenters. The Kier molecular flexibility index (Phi) is 5.95. The molecule has 1 N–H and O–H groups in total. The third-order valence-corrected chi connectivity index (χ3v) is 2.24. The third-order valence-electron chi connectivity index (χ3n) is 2.24. The largest absolute Gasteiger partial charge is 0.349 e. The number of hydrogen-bond acceptors (Lipinski definition) is 3. The van der Waals surface area contributed by atoms with Crippen LogP contribution in [0.3, 0.4) is 0 Å². The molecule has 4 nitrogen and oxygen atoms in total. The highest BCUT2D eigenvalue weighted by atomic mass is 16.2. The van der Waals surface area contributed by atoms with Gasteiger partial charge in [0.05, 0.1) is 11.5 Å². The Balaban J connectivity index is 3.50. The molecule has 0 aliphatic rings. The van der Waals surface area contributed by atoms with E-state index in [1.54, 1.807) is 19.0 Å². The van der Waals surface area contributed by atoms with E-state index < -0.39 is 0 Å². The van der Waals surface area contributed by atoms with E-state index in [9.17, 15) is 4.79 Å². The lowest BCUT2D eigenvalue weighted by Gasteiger charge is -2.15. The predicted octanol–water partition coefficient (Wildman–Crippen LogP) is 0.994. The van der Waals surface area contributed by atoms with Crippen LogP contribution in [0.15, 0.2) is 0 Å². The van der Waals surface area contributed by atoms with Crippen molar-refractivity contribution in [3.63, 3.8) is 0 Å². The van der Waals surface area contributed by atoms with E-state index in [-0.39, 0.29) is 11.3 Å². The molecule has 0 aliphatic heterocycles. The maximum Gasteiger partial charge on any atom is 0.223 e. The summed E-state index contributed by atoms with van der Waals surface area (Å²) in [6, 6.07) is 2.24. The van der Waals surface area contributed by atoms with Crippen LogP contribution in [-0.2, 0) is 4.79 Å². The molecule has 86 valence electrons. The second-order valence-electron chi connectivity index (χ2n) is 4.53. The number of rotatable bonds is 6. The zero-order valence-corrected chi connectivity index (χ0v) is 10.1. The highest BCUT2D eigenvalue weighted by Gasteiger charge is 2.15. The van der Waals surface area contributed by atoms with E-state index in [1.165, 1.54) is 0 Å². The van der Waals surface area contributed by atoms with Crippen molar-refractivity contribution in [1.29, 1.82) is 5.26 Å². The molecular weight excluding hydrogens is 190 g/mol. The summed E-state index contributed by atoms with van der Waals surface area (Å²) >= 11 is 0. The number of nitriles is 1. The van der Waals surface area contributed by atoms with Gasteiger partial charge in [0.25, 0.3) is 0 Å². The number of nitrogens with one attached hydrogen (secondary N) is 1. The van der Waals surface area contributed by atoms with Crippen LogP contribution in [0.2, 0.25) is 0 Å². The van der Waals surface area contributed by atoms with Gasteiger partial charge in [0.1, 0.15) is 0 Å². The highest BCUT2D eigenvalue weighted by molar-refractivity contribution is 5.75. The van der Waals surface area contributed by atoms with E-state index in [4.69, 9.17) is 5.26 Å². The summed E-state index contributed by atoms with van der Waals surface area (Å²) < 4.78 is 0. The number of amides is 1. The smallest absolute Gasteiger partial charge is 0.223 e. The predicted molar refractivity (Wildman–Crippen MR) is 60.2 cm³/mol. The first-order chi connectivity index (χ1) is 6.89. The van der Waals surface area contributed by atoms with E-state index in [0.29, 0.717) is 13.0 Å². The molecule has 4 heteroatoms. The van der Waals surface area contributed by atoms with Crippen LogP contribution < -0.4 is 5.32 Å². The molecule has 1 amide bonds. The summed E-state index contributed by atoms with van der Waals surface area (Å²) in [7, 11) is 3.50. The molecule has 15 heavy (non-hydrogen) atoms. The van der Waals surface area contributed by atoms with Crippen LogP contribution in [0.1, 0.15) is 26.7 Å². The van der Waals surface area contributed by atoms with Gasteiger partial charge >= 0.3 is 0 Å². The van der Waals surface area contributed by atoms with Crippen molar-refractivity contribution < 1.29 is 4.79 Å². The summed E-state index contributed by atoms with van der Waals surface area (Å²) in [5, 5.41) is 11.9. The molecule has 0 aliphatic carbocycles. The number of nitrogens with zero attached hydrogens (tertiary/aromatic N) is 2. The van der Waals surface area contributed by atoms with E-state index in [0.717, 1.165) is 13.0 Å². The molecule has 0 saturated heterocycles.